The van der Waals surface area contributed by atoms with Crippen LogP contribution >= 0.6 is 11.8 Å². The zero-order valence-corrected chi connectivity index (χ0v) is 5.44. The van der Waals surface area contributed by atoms with Crippen LogP contribution in [-0.2, 0) is 4.79 Å². The second-order valence-corrected chi connectivity index (χ2v) is 2.12. The number of thioether (sulfide) groups is 1. The van der Waals surface area contributed by atoms with Gasteiger partial charge >= 0.3 is 0 Å². The summed E-state index contributed by atoms with van der Waals surface area (Å²) in [6.45, 7) is -0.264. The predicted molar refractivity (Wildman–Crippen MR) is 33.6 cm³/mol. The largest absolute Gasteiger partial charge is 0.394 e. The van der Waals surface area contributed by atoms with Crippen LogP contribution in [0.2, 0.25) is 0 Å². The molecule has 1 atom stereocenters. The zero-order chi connectivity index (χ0) is 6.57. The Bertz CT molecular complexity index is 86.1. The van der Waals surface area contributed by atoms with Crippen molar-refractivity contribution in [1.29, 1.82) is 0 Å². The van der Waals surface area contributed by atoms with E-state index < -0.39 is 6.04 Å². The first kappa shape index (κ1) is 7.94. The topological polar surface area (TPSA) is 63.3 Å². The molecule has 3 nitrogen and oxygen atoms in total. The van der Waals surface area contributed by atoms with Gasteiger partial charge in [0, 0.05) is 0 Å². The minimum absolute atomic E-state index is 0.174. The van der Waals surface area contributed by atoms with Crippen molar-refractivity contribution in [2.24, 2.45) is 5.73 Å². The van der Waals surface area contributed by atoms with Crippen molar-refractivity contribution < 1.29 is 9.90 Å². The Labute approximate surface area is 52.3 Å². The van der Waals surface area contributed by atoms with Crippen LogP contribution in [0, 0.1) is 0 Å². The van der Waals surface area contributed by atoms with E-state index in [-0.39, 0.29) is 11.7 Å². The molecule has 48 valence electrons. The van der Waals surface area contributed by atoms with Crippen LogP contribution in [0.5, 0.6) is 0 Å². The van der Waals surface area contributed by atoms with Gasteiger partial charge in [0.1, 0.15) is 0 Å². The lowest BCUT2D eigenvalue weighted by atomic mass is 10.4. The van der Waals surface area contributed by atoms with Crippen LogP contribution in [0.25, 0.3) is 0 Å². The van der Waals surface area contributed by atoms with Crippen LogP contribution in [0.3, 0.4) is 0 Å². The summed E-state index contributed by atoms with van der Waals surface area (Å²) in [5.74, 6) is 0. The molecule has 0 heterocycles. The number of nitrogens with two attached hydrogens (primary N) is 1. The lowest BCUT2D eigenvalue weighted by molar-refractivity contribution is -0.112. The van der Waals surface area contributed by atoms with Gasteiger partial charge in [0.2, 0.25) is 5.12 Å². The Hall–Kier alpha value is -0.0600. The van der Waals surface area contributed by atoms with Gasteiger partial charge in [0.15, 0.2) is 0 Å². The molecule has 0 fully saturated rings. The van der Waals surface area contributed by atoms with Crippen molar-refractivity contribution in [1.82, 2.24) is 0 Å². The highest BCUT2D eigenvalue weighted by Crippen LogP contribution is 1.96. The molecule has 0 aromatic heterocycles. The van der Waals surface area contributed by atoms with E-state index in [2.05, 4.69) is 0 Å². The molecule has 8 heavy (non-hydrogen) atoms. The van der Waals surface area contributed by atoms with Crippen LogP contribution in [0.15, 0.2) is 0 Å². The molecule has 0 saturated heterocycles. The van der Waals surface area contributed by atoms with Gasteiger partial charge in [-0.2, -0.15) is 0 Å². The van der Waals surface area contributed by atoms with Gasteiger partial charge in [0.25, 0.3) is 0 Å². The Balaban J connectivity index is 3.46. The highest BCUT2D eigenvalue weighted by molar-refractivity contribution is 8.13. The fourth-order valence-corrected chi connectivity index (χ4v) is 0.603. The number of carbonyl (C=O) groups excluding carboxylic acids is 1. The van der Waals surface area contributed by atoms with Crippen LogP contribution < -0.4 is 5.73 Å². The third kappa shape index (κ3) is 2.30. The van der Waals surface area contributed by atoms with Gasteiger partial charge in [-0.05, 0) is 6.26 Å². The average molecular weight is 135 g/mol. The van der Waals surface area contributed by atoms with Crippen LogP contribution in [-0.4, -0.2) is 29.1 Å². The summed E-state index contributed by atoms with van der Waals surface area (Å²) >= 11 is 1.03. The molecule has 0 rings (SSSR count). The van der Waals surface area contributed by atoms with Crippen LogP contribution in [0.1, 0.15) is 0 Å². The molecule has 0 aliphatic carbocycles. The molecular formula is C4H9NO2S. The second kappa shape index (κ2) is 3.88. The SMILES string of the molecule is CSC(=O)C(N)CO. The summed E-state index contributed by atoms with van der Waals surface area (Å²) in [4.78, 5) is 10.4. The van der Waals surface area contributed by atoms with E-state index in [1.165, 1.54) is 0 Å². The molecule has 0 aromatic carbocycles. The van der Waals surface area contributed by atoms with Gasteiger partial charge in [0.05, 0.1) is 12.6 Å². The number of hydrogen-bond acceptors (Lipinski definition) is 4. The van der Waals surface area contributed by atoms with Crippen molar-refractivity contribution in [3.63, 3.8) is 0 Å². The number of rotatable bonds is 2. The predicted octanol–water partition coefficient (Wildman–Crippen LogP) is -0.804. The van der Waals surface area contributed by atoms with E-state index in [0.29, 0.717) is 0 Å². The maximum Gasteiger partial charge on any atom is 0.207 e. The van der Waals surface area contributed by atoms with E-state index in [1.54, 1.807) is 6.26 Å². The number of aliphatic hydroxyl groups excluding tert-OH is 1. The van der Waals surface area contributed by atoms with Crippen molar-refractivity contribution in [3.8, 4) is 0 Å². The first-order chi connectivity index (χ1) is 3.72. The van der Waals surface area contributed by atoms with E-state index in [1.807, 2.05) is 0 Å². The van der Waals surface area contributed by atoms with Crippen molar-refractivity contribution >= 4 is 16.9 Å². The van der Waals surface area contributed by atoms with Gasteiger partial charge < -0.3 is 10.8 Å². The number of hydrogen-bond donors (Lipinski definition) is 2. The highest BCUT2D eigenvalue weighted by atomic mass is 32.2. The molecule has 0 bridgehead atoms. The van der Waals surface area contributed by atoms with Crippen molar-refractivity contribution in [3.05, 3.63) is 0 Å². The summed E-state index contributed by atoms with van der Waals surface area (Å²) in [6, 6.07) is -0.704. The molecule has 0 radical (unpaired) electrons. The molecule has 0 spiro atoms. The minimum atomic E-state index is -0.704. The summed E-state index contributed by atoms with van der Waals surface area (Å²) in [7, 11) is 0. The fourth-order valence-electron chi connectivity index (χ4n) is 0.226. The molecular weight excluding hydrogens is 126 g/mol. The van der Waals surface area contributed by atoms with Gasteiger partial charge in [-0.1, -0.05) is 11.8 Å². The fraction of sp³-hybridized carbons (Fsp3) is 0.750. The third-order valence-corrected chi connectivity index (χ3v) is 1.41. The number of aliphatic hydroxyl groups is 1. The maximum absolute atomic E-state index is 10.4. The monoisotopic (exact) mass is 135 g/mol. The summed E-state index contributed by atoms with van der Waals surface area (Å²) < 4.78 is 0. The molecule has 0 aromatic rings. The van der Waals surface area contributed by atoms with E-state index in [0.717, 1.165) is 11.8 Å². The maximum atomic E-state index is 10.4. The summed E-state index contributed by atoms with van der Waals surface area (Å²) in [5, 5.41) is 8.10. The average Bonchev–Trinajstić information content (AvgIpc) is 1.84. The van der Waals surface area contributed by atoms with Crippen LogP contribution in [0.4, 0.5) is 0 Å². The molecule has 0 aliphatic rings. The Morgan fingerprint density at radius 1 is 2.00 bits per heavy atom. The summed E-state index contributed by atoms with van der Waals surface area (Å²) in [6.07, 6.45) is 1.64. The Kier molecular flexibility index (Phi) is 3.85. The summed E-state index contributed by atoms with van der Waals surface area (Å²) in [5.41, 5.74) is 5.11. The lowest BCUT2D eigenvalue weighted by Crippen LogP contribution is -2.31. The quantitative estimate of drug-likeness (QED) is 0.520. The normalized spacial score (nSPS) is 13.4. The third-order valence-electron chi connectivity index (χ3n) is 0.701. The van der Waals surface area contributed by atoms with Gasteiger partial charge in [-0.3, -0.25) is 4.79 Å². The second-order valence-electron chi connectivity index (χ2n) is 1.31. The van der Waals surface area contributed by atoms with E-state index in [9.17, 15) is 4.79 Å². The van der Waals surface area contributed by atoms with E-state index in [4.69, 9.17) is 10.8 Å². The first-order valence-electron chi connectivity index (χ1n) is 2.16. The van der Waals surface area contributed by atoms with E-state index >= 15 is 0 Å². The lowest BCUT2D eigenvalue weighted by Gasteiger charge is -2.01. The molecule has 3 N–H and O–H groups in total. The standard InChI is InChI=1S/C4H9NO2S/c1-8-4(7)3(5)2-6/h3,6H,2,5H2,1H3. The molecule has 0 saturated carbocycles. The molecule has 1 unspecified atom stereocenters. The smallest absolute Gasteiger partial charge is 0.207 e. The molecule has 0 aliphatic heterocycles. The number of carbonyl (C=O) groups is 1. The Morgan fingerprint density at radius 2 is 2.50 bits per heavy atom. The highest BCUT2D eigenvalue weighted by Gasteiger charge is 2.08. The van der Waals surface area contributed by atoms with Gasteiger partial charge in [-0.15, -0.1) is 0 Å². The van der Waals surface area contributed by atoms with Crippen molar-refractivity contribution in [2.45, 2.75) is 6.04 Å². The first-order valence-corrected chi connectivity index (χ1v) is 3.39. The minimum Gasteiger partial charge on any atom is -0.394 e. The van der Waals surface area contributed by atoms with Gasteiger partial charge in [-0.25, -0.2) is 0 Å². The zero-order valence-electron chi connectivity index (χ0n) is 4.63. The molecule has 4 heteroatoms. The van der Waals surface area contributed by atoms with Crippen molar-refractivity contribution in [2.75, 3.05) is 12.9 Å². The molecule has 0 amide bonds. The Morgan fingerprint density at radius 3 is 2.62 bits per heavy atom.